The fourth-order valence-electron chi connectivity index (χ4n) is 10.2. The molecule has 76 heavy (non-hydrogen) atoms. The van der Waals surface area contributed by atoms with Crippen molar-refractivity contribution in [2.75, 3.05) is 38.2 Å². The zero-order chi connectivity index (χ0) is 55.3. The van der Waals surface area contributed by atoms with Crippen LogP contribution in [0.4, 0.5) is 0 Å². The summed E-state index contributed by atoms with van der Waals surface area (Å²) in [6.45, 7) is 0.966. The number of hydrogen-bond donors (Lipinski definition) is 10. The molecule has 1 aliphatic carbocycles. The van der Waals surface area contributed by atoms with Crippen molar-refractivity contribution >= 4 is 63.9 Å². The van der Waals surface area contributed by atoms with Gasteiger partial charge >= 0.3 is 0 Å². The number of fused-ring (bicyclic) bond motifs is 2. The van der Waals surface area contributed by atoms with Gasteiger partial charge in [-0.1, -0.05) is 36.4 Å². The van der Waals surface area contributed by atoms with E-state index in [4.69, 9.17) is 36.1 Å². The largest absolute Gasteiger partial charge is 0.388 e. The summed E-state index contributed by atoms with van der Waals surface area (Å²) in [6, 6.07) is 16.1. The summed E-state index contributed by atoms with van der Waals surface area (Å²) >= 11 is 0. The molecule has 0 spiro atoms. The van der Waals surface area contributed by atoms with E-state index in [1.54, 1.807) is 72.3 Å². The summed E-state index contributed by atoms with van der Waals surface area (Å²) < 4.78 is 121. The lowest BCUT2D eigenvalue weighted by Gasteiger charge is -2.48. The van der Waals surface area contributed by atoms with Gasteiger partial charge in [-0.2, -0.15) is 21.4 Å². The van der Waals surface area contributed by atoms with E-state index < -0.39 is 134 Å². The zero-order valence-electron chi connectivity index (χ0n) is 42.2. The maximum atomic E-state index is 14.8. The number of para-hydroxylation sites is 2. The zero-order valence-corrected chi connectivity index (χ0v) is 44.6. The monoisotopic (exact) mass is 1120 g/mol. The van der Waals surface area contributed by atoms with Crippen LogP contribution < -0.4 is 32.4 Å². The van der Waals surface area contributed by atoms with Crippen LogP contribution >= 0.6 is 0 Å². The van der Waals surface area contributed by atoms with E-state index in [2.05, 4.69) is 10.6 Å². The molecule has 3 fully saturated rings. The molecule has 13 N–H and O–H groups in total. The minimum atomic E-state index is -4.69. The number of benzene rings is 3. The predicted octanol–water partition coefficient (Wildman–Crippen LogP) is -0.815. The number of amides is 2. The third-order valence-electron chi connectivity index (χ3n) is 14.1. The molecule has 3 aromatic carbocycles. The first-order chi connectivity index (χ1) is 35.8. The highest BCUT2D eigenvalue weighted by Crippen LogP contribution is 2.33. The van der Waals surface area contributed by atoms with Gasteiger partial charge < -0.3 is 62.1 Å². The van der Waals surface area contributed by atoms with Crippen LogP contribution in [0.3, 0.4) is 0 Å². The summed E-state index contributed by atoms with van der Waals surface area (Å²) in [4.78, 5) is 27.6. The number of aliphatic hydroxyl groups excluding tert-OH is 2. The van der Waals surface area contributed by atoms with Crippen molar-refractivity contribution in [3.63, 3.8) is 0 Å². The molecule has 3 aliphatic rings. The van der Waals surface area contributed by atoms with Crippen molar-refractivity contribution in [3.05, 3.63) is 83.9 Å². The number of sulfonamides is 1. The lowest BCUT2D eigenvalue weighted by atomic mass is 9.84. The first-order valence-electron chi connectivity index (χ1n) is 25.1. The molecular formula is C49H70N7O17S3+. The maximum absolute atomic E-state index is 14.8. The molecule has 2 aliphatic heterocycles. The van der Waals surface area contributed by atoms with E-state index in [0.717, 1.165) is 0 Å². The van der Waals surface area contributed by atoms with E-state index in [1.807, 2.05) is 0 Å². The molecule has 1 aromatic heterocycles. The molecule has 2 amide bonds. The normalized spacial score (nSPS) is 28.6. The van der Waals surface area contributed by atoms with Crippen molar-refractivity contribution in [3.8, 4) is 0 Å². The number of rotatable bonds is 22. The van der Waals surface area contributed by atoms with Crippen molar-refractivity contribution in [1.82, 2.24) is 14.9 Å². The number of aromatic nitrogens is 1. The van der Waals surface area contributed by atoms with Crippen molar-refractivity contribution in [1.29, 1.82) is 0 Å². The number of aryl methyl sites for hydroxylation is 2. The van der Waals surface area contributed by atoms with Crippen LogP contribution in [0.2, 0.25) is 0 Å². The Morgan fingerprint density at radius 1 is 0.789 bits per heavy atom. The third kappa shape index (κ3) is 14.3. The van der Waals surface area contributed by atoms with Crippen LogP contribution in [-0.2, 0) is 67.0 Å². The maximum Gasteiger partial charge on any atom is 0.269 e. The Morgan fingerprint density at radius 3 is 1.96 bits per heavy atom. The number of aliphatic hydroxyl groups is 3. The van der Waals surface area contributed by atoms with E-state index >= 15 is 0 Å². The van der Waals surface area contributed by atoms with Gasteiger partial charge in [0.05, 0.1) is 57.5 Å². The smallest absolute Gasteiger partial charge is 0.269 e. The lowest BCUT2D eigenvalue weighted by molar-refractivity contribution is -0.645. The molecule has 24 nitrogen and oxygen atoms in total. The summed E-state index contributed by atoms with van der Waals surface area (Å²) in [5.41, 5.74) is 19.4. The second kappa shape index (κ2) is 24.7. The number of nitrogens with one attached hydrogen (secondary N) is 2. The van der Waals surface area contributed by atoms with Crippen LogP contribution in [-0.4, -0.2) is 177 Å². The van der Waals surface area contributed by atoms with Crippen molar-refractivity contribution in [2.45, 2.75) is 143 Å². The van der Waals surface area contributed by atoms with E-state index in [0.29, 0.717) is 57.4 Å². The van der Waals surface area contributed by atoms with Crippen LogP contribution in [0.15, 0.2) is 77.7 Å². The molecule has 3 heterocycles. The van der Waals surface area contributed by atoms with Gasteiger partial charge in [-0.3, -0.25) is 18.7 Å². The molecule has 12 atom stereocenters. The predicted molar refractivity (Wildman–Crippen MR) is 276 cm³/mol. The third-order valence-corrected chi connectivity index (χ3v) is 17.5. The fourth-order valence-corrected chi connectivity index (χ4v) is 12.6. The molecule has 27 heteroatoms. The standard InChI is InChI=1S/C49H69N7O17S3/c1-49(61)28-70-48(42(59)45(49)53-2)73-44-36(52)26-35(51)43(41(44)58)72-47-34(50)21-18-30(71-47)27-54-39(57)15-7-10-29-16-19-31(20-17-29)76(68,69)56(23-9-25-75(65,66)67)46(60)40-32-11-3-5-13-37(32)55(22-8-24-74(62,63)64)38-14-6-4-12-33(38)40/h3-6,11-14,16-17,19-20,30,34-36,41-45,47-48,53,58-59,61H,7-10,15,18,21-28,50-52H2,1-2H3,(H2-,54,57,62,63,64,65,66,67)/p+1/t30-,34+,35-,36+,41-,42+,43+,44-,45+,47+,48+,49-/m0/s1. The Morgan fingerprint density at radius 2 is 1.37 bits per heavy atom. The molecule has 2 saturated heterocycles. The number of likely N-dealkylation sites (N-methyl/N-ethyl adjacent to an activating group) is 1. The van der Waals surface area contributed by atoms with Gasteiger partial charge in [-0.25, -0.2) is 12.7 Å². The summed E-state index contributed by atoms with van der Waals surface area (Å²) in [6.07, 6.45) is -6.03. The van der Waals surface area contributed by atoms with Gasteiger partial charge in [0.15, 0.2) is 19.1 Å². The number of ether oxygens (including phenoxy) is 4. The summed E-state index contributed by atoms with van der Waals surface area (Å²) in [7, 11) is -11.9. The Labute approximate surface area is 441 Å². The number of carbonyl (C=O) groups is 2. The number of nitrogens with zero attached hydrogens (tertiary/aromatic N) is 2. The number of carbonyl (C=O) groups excluding carboxylic acids is 2. The Balaban J connectivity index is 0.962. The Kier molecular flexibility index (Phi) is 19.3. The minimum absolute atomic E-state index is 0.0153. The fraction of sp³-hybridized carbons (Fsp3) is 0.571. The number of hydrogen-bond acceptors (Lipinski definition) is 19. The SMILES string of the molecule is CN[C@@H]1[C@@H](O)[C@@H](O[C@@H]2[C@@H](O)[C@H](O[C@H]3O[C@H](CNC(=O)CCCc4ccc(S(=O)(=O)N(CCCS(=O)(=O)O)C(=O)c5c6ccccc6[n+](CCCS(=O)(=O)O)c6ccccc56)cc4)CC[C@H]3N)[C@@H](N)C[C@H]2N)OC[C@]1(C)O. The number of pyridine rings is 1. The van der Waals surface area contributed by atoms with Gasteiger partial charge in [-0.05, 0) is 82.3 Å². The molecule has 7 rings (SSSR count). The van der Waals surface area contributed by atoms with Gasteiger partial charge in [0, 0.05) is 50.1 Å². The van der Waals surface area contributed by atoms with Gasteiger partial charge in [0.1, 0.15) is 30.0 Å². The first-order valence-corrected chi connectivity index (χ1v) is 29.7. The molecule has 0 unspecified atom stereocenters. The highest BCUT2D eigenvalue weighted by atomic mass is 32.2. The van der Waals surface area contributed by atoms with Crippen molar-refractivity contribution in [2.24, 2.45) is 17.2 Å². The average molecular weight is 1130 g/mol. The Bertz CT molecular complexity index is 2970. The Hall–Kier alpha value is -4.40. The molecule has 420 valence electrons. The van der Waals surface area contributed by atoms with Crippen LogP contribution in [0.5, 0.6) is 0 Å². The van der Waals surface area contributed by atoms with Gasteiger partial charge in [0.2, 0.25) is 16.9 Å². The lowest BCUT2D eigenvalue weighted by Crippen LogP contribution is -2.68. The van der Waals surface area contributed by atoms with Crippen LogP contribution in [0.1, 0.15) is 67.8 Å². The first kappa shape index (κ1) is 59.3. The van der Waals surface area contributed by atoms with E-state index in [1.165, 1.54) is 19.1 Å². The van der Waals surface area contributed by atoms with Crippen molar-refractivity contribution < 1.29 is 82.8 Å². The topological polar surface area (TPSA) is 384 Å². The minimum Gasteiger partial charge on any atom is -0.388 e. The second-order valence-corrected chi connectivity index (χ2v) is 24.9. The molecular weight excluding hydrogens is 1050 g/mol. The highest BCUT2D eigenvalue weighted by Gasteiger charge is 2.51. The van der Waals surface area contributed by atoms with E-state index in [-0.39, 0.29) is 55.3 Å². The van der Waals surface area contributed by atoms with Crippen LogP contribution in [0, 0.1) is 0 Å². The molecule has 0 bridgehead atoms. The summed E-state index contributed by atoms with van der Waals surface area (Å²) in [5, 5.41) is 39.4. The summed E-state index contributed by atoms with van der Waals surface area (Å²) in [5.74, 6) is -2.62. The highest BCUT2D eigenvalue weighted by molar-refractivity contribution is 7.89. The van der Waals surface area contributed by atoms with Crippen LogP contribution in [0.25, 0.3) is 21.8 Å². The average Bonchev–Trinajstić information content (AvgIpc) is 3.36. The van der Waals surface area contributed by atoms with Gasteiger partial charge in [0.25, 0.3) is 36.2 Å². The van der Waals surface area contributed by atoms with E-state index in [9.17, 15) is 59.3 Å². The van der Waals surface area contributed by atoms with Gasteiger partial charge in [-0.15, -0.1) is 0 Å². The quantitative estimate of drug-likeness (QED) is 0.0261. The molecule has 1 saturated carbocycles. The number of nitrogens with two attached hydrogens (primary N) is 3. The molecule has 0 radical (unpaired) electrons. The second-order valence-electron chi connectivity index (χ2n) is 19.9. The molecule has 4 aromatic rings.